The quantitative estimate of drug-likeness (QED) is 0.423. The topological polar surface area (TPSA) is 86.3 Å². The summed E-state index contributed by atoms with van der Waals surface area (Å²) in [4.78, 5) is 30.1. The molecule has 1 aromatic rings. The molecule has 0 saturated carbocycles. The van der Waals surface area contributed by atoms with Crippen LogP contribution in [0.15, 0.2) is 29.3 Å². The highest BCUT2D eigenvalue weighted by Crippen LogP contribution is 2.15. The number of rotatable bonds is 7. The number of halogens is 2. The molecule has 8 nitrogen and oxygen atoms in total. The fourth-order valence-corrected chi connectivity index (χ4v) is 2.47. The zero-order valence-electron chi connectivity index (χ0n) is 14.5. The lowest BCUT2D eigenvalue weighted by molar-refractivity contribution is -0.124. The van der Waals surface area contributed by atoms with E-state index < -0.39 is 12.6 Å². The van der Waals surface area contributed by atoms with Gasteiger partial charge in [0.2, 0.25) is 5.91 Å². The van der Waals surface area contributed by atoms with Gasteiger partial charge in [0.1, 0.15) is 5.75 Å². The maximum absolute atomic E-state index is 12.2. The van der Waals surface area contributed by atoms with E-state index in [9.17, 15) is 18.4 Å². The third-order valence-electron chi connectivity index (χ3n) is 3.70. The van der Waals surface area contributed by atoms with Crippen molar-refractivity contribution < 1.29 is 23.1 Å². The summed E-state index contributed by atoms with van der Waals surface area (Å²) in [6.07, 6.45) is 0. The monoisotopic (exact) mass is 369 g/mol. The molecule has 0 aliphatic carbocycles. The molecule has 0 radical (unpaired) electrons. The first-order valence-electron chi connectivity index (χ1n) is 7.94. The second kappa shape index (κ2) is 8.97. The van der Waals surface area contributed by atoms with Crippen LogP contribution in [0.25, 0.3) is 0 Å². The lowest BCUT2D eigenvalue weighted by Crippen LogP contribution is -2.43. The van der Waals surface area contributed by atoms with Crippen LogP contribution in [0, 0.1) is 0 Å². The minimum absolute atomic E-state index is 0.0265. The van der Waals surface area contributed by atoms with E-state index in [1.165, 1.54) is 12.1 Å². The number of guanidine groups is 1. The number of amides is 3. The van der Waals surface area contributed by atoms with Crippen molar-refractivity contribution in [2.75, 3.05) is 33.7 Å². The smallest absolute Gasteiger partial charge is 0.387 e. The van der Waals surface area contributed by atoms with Crippen LogP contribution in [0.3, 0.4) is 0 Å². The maximum atomic E-state index is 12.2. The Morgan fingerprint density at radius 2 is 2.08 bits per heavy atom. The summed E-state index contributed by atoms with van der Waals surface area (Å²) in [7, 11) is 3.43. The molecule has 0 spiro atoms. The fourth-order valence-electron chi connectivity index (χ4n) is 2.47. The highest BCUT2D eigenvalue weighted by Gasteiger charge is 2.27. The first-order chi connectivity index (χ1) is 12.4. The van der Waals surface area contributed by atoms with Gasteiger partial charge in [-0.2, -0.15) is 8.78 Å². The van der Waals surface area contributed by atoms with Crippen molar-refractivity contribution >= 4 is 17.9 Å². The van der Waals surface area contributed by atoms with Gasteiger partial charge in [-0.05, 0) is 17.7 Å². The van der Waals surface area contributed by atoms with Crippen LogP contribution in [-0.2, 0) is 11.3 Å². The summed E-state index contributed by atoms with van der Waals surface area (Å²) >= 11 is 0. The zero-order chi connectivity index (χ0) is 19.1. The maximum Gasteiger partial charge on any atom is 0.387 e. The van der Waals surface area contributed by atoms with E-state index in [2.05, 4.69) is 20.4 Å². The van der Waals surface area contributed by atoms with Gasteiger partial charge in [-0.15, -0.1) is 0 Å². The Balaban J connectivity index is 1.83. The second-order valence-corrected chi connectivity index (χ2v) is 5.56. The summed E-state index contributed by atoms with van der Waals surface area (Å²) in [5.74, 6) is 0.415. The molecule has 0 bridgehead atoms. The zero-order valence-corrected chi connectivity index (χ0v) is 14.5. The molecule has 26 heavy (non-hydrogen) atoms. The third-order valence-corrected chi connectivity index (χ3v) is 3.70. The molecule has 0 aromatic heterocycles. The predicted molar refractivity (Wildman–Crippen MR) is 91.0 cm³/mol. The van der Waals surface area contributed by atoms with E-state index >= 15 is 0 Å². The molecule has 0 unspecified atom stereocenters. The Bertz CT molecular complexity index is 650. The molecule has 2 rings (SSSR count). The van der Waals surface area contributed by atoms with Crippen LogP contribution in [0.2, 0.25) is 0 Å². The number of aliphatic imine (C=N–C) groups is 1. The largest absolute Gasteiger partial charge is 0.435 e. The number of alkyl halides is 2. The van der Waals surface area contributed by atoms with E-state index in [4.69, 9.17) is 0 Å². The second-order valence-electron chi connectivity index (χ2n) is 5.56. The fraction of sp³-hybridized carbons (Fsp3) is 0.438. The van der Waals surface area contributed by atoms with Crippen molar-refractivity contribution in [3.8, 4) is 5.75 Å². The standard InChI is InChI=1S/C16H21F2N5O3/c1-19-15(20-7-8-23-13(24)9-21-16(23)25)22(2)10-11-3-5-12(6-4-11)26-14(17)18/h3-6,14H,7-10H2,1-2H3,(H,19,20)(H,21,25). The van der Waals surface area contributed by atoms with Crippen LogP contribution in [0.4, 0.5) is 13.6 Å². The van der Waals surface area contributed by atoms with Crippen LogP contribution in [-0.4, -0.2) is 68.0 Å². The van der Waals surface area contributed by atoms with E-state index in [0.29, 0.717) is 19.0 Å². The number of benzene rings is 1. The number of hydrogen-bond acceptors (Lipinski definition) is 4. The van der Waals surface area contributed by atoms with Gasteiger partial charge in [0.05, 0.1) is 6.54 Å². The lowest BCUT2D eigenvalue weighted by Gasteiger charge is -2.23. The SMILES string of the molecule is CN=C(NCCN1C(=O)CNC1=O)N(C)Cc1ccc(OC(F)F)cc1. The van der Waals surface area contributed by atoms with E-state index in [1.54, 1.807) is 19.2 Å². The Morgan fingerprint density at radius 3 is 2.62 bits per heavy atom. The van der Waals surface area contributed by atoms with Gasteiger partial charge >= 0.3 is 12.6 Å². The molecule has 0 atom stereocenters. The number of hydrogen-bond donors (Lipinski definition) is 2. The number of imide groups is 1. The van der Waals surface area contributed by atoms with Gasteiger partial charge in [-0.1, -0.05) is 12.1 Å². The molecule has 1 aromatic carbocycles. The molecular formula is C16H21F2N5O3. The first-order valence-corrected chi connectivity index (χ1v) is 7.94. The van der Waals surface area contributed by atoms with Gasteiger partial charge in [0.25, 0.3) is 0 Å². The van der Waals surface area contributed by atoms with Gasteiger partial charge in [-0.3, -0.25) is 14.7 Å². The number of ether oxygens (including phenoxy) is 1. The minimum atomic E-state index is -2.85. The van der Waals surface area contributed by atoms with Gasteiger partial charge in [0, 0.05) is 33.7 Å². The van der Waals surface area contributed by atoms with Crippen molar-refractivity contribution in [1.82, 2.24) is 20.4 Å². The summed E-state index contributed by atoms with van der Waals surface area (Å²) in [5, 5.41) is 5.53. The summed E-state index contributed by atoms with van der Waals surface area (Å²) in [6, 6.07) is 5.93. The van der Waals surface area contributed by atoms with Crippen LogP contribution < -0.4 is 15.4 Å². The Hall–Kier alpha value is -2.91. The number of carbonyl (C=O) groups is 2. The first kappa shape index (κ1) is 19.4. The van der Waals surface area contributed by atoms with Crippen molar-refractivity contribution in [2.45, 2.75) is 13.2 Å². The molecule has 1 heterocycles. The van der Waals surface area contributed by atoms with Crippen LogP contribution in [0.5, 0.6) is 5.75 Å². The van der Waals surface area contributed by atoms with Crippen LogP contribution >= 0.6 is 0 Å². The van der Waals surface area contributed by atoms with Crippen molar-refractivity contribution in [3.63, 3.8) is 0 Å². The number of nitrogens with one attached hydrogen (secondary N) is 2. The van der Waals surface area contributed by atoms with Gasteiger partial charge < -0.3 is 20.3 Å². The molecular weight excluding hydrogens is 348 g/mol. The lowest BCUT2D eigenvalue weighted by atomic mass is 10.2. The molecule has 1 saturated heterocycles. The average Bonchev–Trinajstić information content (AvgIpc) is 2.91. The summed E-state index contributed by atoms with van der Waals surface area (Å²) in [6.45, 7) is -1.75. The van der Waals surface area contributed by atoms with Gasteiger partial charge in [0.15, 0.2) is 5.96 Å². The third kappa shape index (κ3) is 5.30. The molecule has 2 N–H and O–H groups in total. The Kier molecular flexibility index (Phi) is 6.70. The van der Waals surface area contributed by atoms with Crippen molar-refractivity contribution in [2.24, 2.45) is 4.99 Å². The predicted octanol–water partition coefficient (Wildman–Crippen LogP) is 0.847. The van der Waals surface area contributed by atoms with Crippen molar-refractivity contribution in [3.05, 3.63) is 29.8 Å². The van der Waals surface area contributed by atoms with E-state index in [-0.39, 0.29) is 24.7 Å². The molecule has 1 aliphatic rings. The van der Waals surface area contributed by atoms with E-state index in [0.717, 1.165) is 10.5 Å². The molecule has 1 aliphatic heterocycles. The molecule has 3 amide bonds. The molecule has 142 valence electrons. The average molecular weight is 369 g/mol. The molecule has 10 heteroatoms. The summed E-state index contributed by atoms with van der Waals surface area (Å²) < 4.78 is 28.6. The Morgan fingerprint density at radius 1 is 1.38 bits per heavy atom. The van der Waals surface area contributed by atoms with Gasteiger partial charge in [-0.25, -0.2) is 4.79 Å². The Labute approximate surface area is 149 Å². The number of carbonyl (C=O) groups excluding carboxylic acids is 2. The highest BCUT2D eigenvalue weighted by atomic mass is 19.3. The normalized spacial score (nSPS) is 14.7. The van der Waals surface area contributed by atoms with E-state index in [1.807, 2.05) is 11.9 Å². The van der Waals surface area contributed by atoms with Crippen LogP contribution in [0.1, 0.15) is 5.56 Å². The van der Waals surface area contributed by atoms with Crippen molar-refractivity contribution in [1.29, 1.82) is 0 Å². The summed E-state index contributed by atoms with van der Waals surface area (Å²) in [5.41, 5.74) is 0.881. The molecule has 1 fully saturated rings. The highest BCUT2D eigenvalue weighted by molar-refractivity contribution is 6.01. The minimum Gasteiger partial charge on any atom is -0.435 e. The number of urea groups is 1. The number of nitrogens with zero attached hydrogens (tertiary/aromatic N) is 3.